The molecule has 16 heavy (non-hydrogen) atoms. The Morgan fingerprint density at radius 2 is 2.19 bits per heavy atom. The van der Waals surface area contributed by atoms with E-state index in [1.807, 2.05) is 6.07 Å². The molecule has 0 unspecified atom stereocenters. The molecule has 86 valence electrons. The van der Waals surface area contributed by atoms with Gasteiger partial charge in [0.2, 0.25) is 0 Å². The van der Waals surface area contributed by atoms with Gasteiger partial charge in [-0.15, -0.1) is 0 Å². The summed E-state index contributed by atoms with van der Waals surface area (Å²) in [5.41, 5.74) is 8.06. The van der Waals surface area contributed by atoms with Crippen molar-refractivity contribution in [2.75, 3.05) is 18.1 Å². The van der Waals surface area contributed by atoms with Gasteiger partial charge in [0.25, 0.3) is 5.91 Å². The Morgan fingerprint density at radius 3 is 2.75 bits per heavy atom. The first kappa shape index (κ1) is 10.8. The molecule has 0 aromatic heterocycles. The fraction of sp³-hybridized carbons (Fsp3) is 0.417. The summed E-state index contributed by atoms with van der Waals surface area (Å²) in [5, 5.41) is 5.96. The zero-order valence-electron chi connectivity index (χ0n) is 9.42. The number of hydrogen-bond acceptors (Lipinski definition) is 3. The zero-order chi connectivity index (χ0) is 11.5. The van der Waals surface area contributed by atoms with Crippen LogP contribution in [0.4, 0.5) is 11.4 Å². The van der Waals surface area contributed by atoms with Gasteiger partial charge in [0.15, 0.2) is 0 Å². The van der Waals surface area contributed by atoms with Gasteiger partial charge < -0.3 is 16.4 Å². The van der Waals surface area contributed by atoms with Crippen molar-refractivity contribution in [2.45, 2.75) is 25.3 Å². The summed E-state index contributed by atoms with van der Waals surface area (Å²) < 4.78 is 0. The lowest BCUT2D eigenvalue weighted by atomic mass is 9.93. The number of nitrogen functional groups attached to an aromatic ring is 1. The number of carbonyl (C=O) groups is 1. The smallest absolute Gasteiger partial charge is 0.251 e. The van der Waals surface area contributed by atoms with E-state index in [4.69, 9.17) is 5.73 Å². The molecule has 0 bridgehead atoms. The molecule has 1 amide bonds. The van der Waals surface area contributed by atoms with Crippen LogP contribution in [0, 0.1) is 0 Å². The molecule has 1 aromatic carbocycles. The molecule has 2 rings (SSSR count). The van der Waals surface area contributed by atoms with Gasteiger partial charge in [-0.2, -0.15) is 0 Å². The Morgan fingerprint density at radius 1 is 1.44 bits per heavy atom. The number of anilines is 2. The second-order valence-corrected chi connectivity index (χ2v) is 4.15. The van der Waals surface area contributed by atoms with E-state index >= 15 is 0 Å². The van der Waals surface area contributed by atoms with Gasteiger partial charge in [-0.25, -0.2) is 0 Å². The monoisotopic (exact) mass is 219 g/mol. The van der Waals surface area contributed by atoms with Crippen molar-refractivity contribution in [1.82, 2.24) is 5.32 Å². The summed E-state index contributed by atoms with van der Waals surface area (Å²) >= 11 is 0. The summed E-state index contributed by atoms with van der Waals surface area (Å²) in [6, 6.07) is 5.83. The number of hydrogen-bond donors (Lipinski definition) is 3. The van der Waals surface area contributed by atoms with E-state index in [1.54, 1.807) is 19.2 Å². The minimum Gasteiger partial charge on any atom is -0.397 e. The van der Waals surface area contributed by atoms with Crippen LogP contribution in [0.3, 0.4) is 0 Å². The number of rotatable bonds is 3. The van der Waals surface area contributed by atoms with E-state index in [0.29, 0.717) is 17.3 Å². The Hall–Kier alpha value is -1.71. The van der Waals surface area contributed by atoms with Crippen molar-refractivity contribution < 1.29 is 4.79 Å². The van der Waals surface area contributed by atoms with Crippen molar-refractivity contribution in [3.05, 3.63) is 23.8 Å². The van der Waals surface area contributed by atoms with Crippen LogP contribution in [-0.2, 0) is 0 Å². The molecule has 0 aliphatic heterocycles. The van der Waals surface area contributed by atoms with E-state index in [2.05, 4.69) is 10.6 Å². The summed E-state index contributed by atoms with van der Waals surface area (Å²) in [5.74, 6) is -0.0864. The Kier molecular flexibility index (Phi) is 2.99. The molecule has 0 spiro atoms. The van der Waals surface area contributed by atoms with Gasteiger partial charge in [-0.05, 0) is 37.5 Å². The molecule has 0 saturated heterocycles. The Bertz CT molecular complexity index is 399. The van der Waals surface area contributed by atoms with Crippen molar-refractivity contribution in [2.24, 2.45) is 0 Å². The van der Waals surface area contributed by atoms with Gasteiger partial charge in [-0.3, -0.25) is 4.79 Å². The fourth-order valence-electron chi connectivity index (χ4n) is 1.74. The lowest BCUT2D eigenvalue weighted by Crippen LogP contribution is -2.27. The second kappa shape index (κ2) is 4.43. The van der Waals surface area contributed by atoms with Gasteiger partial charge in [0.1, 0.15) is 0 Å². The van der Waals surface area contributed by atoms with E-state index in [-0.39, 0.29) is 5.91 Å². The standard InChI is InChI=1S/C12H17N3O/c1-14-12(16)8-5-6-10(13)11(7-8)15-9-3-2-4-9/h5-7,9,15H,2-4,13H2,1H3,(H,14,16). The van der Waals surface area contributed by atoms with Gasteiger partial charge >= 0.3 is 0 Å². The summed E-state index contributed by atoms with van der Waals surface area (Å²) in [7, 11) is 1.62. The number of nitrogens with one attached hydrogen (secondary N) is 2. The molecular formula is C12H17N3O. The lowest BCUT2D eigenvalue weighted by molar-refractivity contribution is 0.0963. The third kappa shape index (κ3) is 2.10. The number of benzene rings is 1. The predicted molar refractivity (Wildman–Crippen MR) is 65.5 cm³/mol. The SMILES string of the molecule is CNC(=O)c1ccc(N)c(NC2CCC2)c1. The fourth-order valence-corrected chi connectivity index (χ4v) is 1.74. The van der Waals surface area contributed by atoms with Crippen LogP contribution in [0.1, 0.15) is 29.6 Å². The summed E-state index contributed by atoms with van der Waals surface area (Å²) in [6.45, 7) is 0. The zero-order valence-corrected chi connectivity index (χ0v) is 9.42. The van der Waals surface area contributed by atoms with Gasteiger partial charge in [-0.1, -0.05) is 0 Å². The highest BCUT2D eigenvalue weighted by Crippen LogP contribution is 2.27. The molecule has 1 saturated carbocycles. The predicted octanol–water partition coefficient (Wildman–Crippen LogP) is 1.59. The highest BCUT2D eigenvalue weighted by atomic mass is 16.1. The van der Waals surface area contributed by atoms with E-state index in [9.17, 15) is 4.79 Å². The van der Waals surface area contributed by atoms with Crippen molar-refractivity contribution in [3.8, 4) is 0 Å². The van der Waals surface area contributed by atoms with Crippen molar-refractivity contribution in [1.29, 1.82) is 0 Å². The maximum atomic E-state index is 11.5. The van der Waals surface area contributed by atoms with E-state index < -0.39 is 0 Å². The molecule has 4 N–H and O–H groups in total. The minimum absolute atomic E-state index is 0.0864. The average molecular weight is 219 g/mol. The number of amides is 1. The van der Waals surface area contributed by atoms with Crippen LogP contribution in [0.5, 0.6) is 0 Å². The quantitative estimate of drug-likeness (QED) is 0.676. The summed E-state index contributed by atoms with van der Waals surface area (Å²) in [6.07, 6.45) is 3.64. The van der Waals surface area contributed by atoms with Crippen molar-refractivity contribution in [3.63, 3.8) is 0 Å². The van der Waals surface area contributed by atoms with Crippen LogP contribution in [0.25, 0.3) is 0 Å². The molecule has 4 nitrogen and oxygen atoms in total. The first-order valence-corrected chi connectivity index (χ1v) is 5.59. The molecule has 1 aliphatic carbocycles. The molecule has 1 aromatic rings. The van der Waals surface area contributed by atoms with Crippen LogP contribution in [-0.4, -0.2) is 19.0 Å². The molecule has 0 radical (unpaired) electrons. The molecule has 1 aliphatic rings. The second-order valence-electron chi connectivity index (χ2n) is 4.15. The molecule has 0 heterocycles. The highest BCUT2D eigenvalue weighted by Gasteiger charge is 2.18. The molecule has 0 atom stereocenters. The third-order valence-corrected chi connectivity index (χ3v) is 3.01. The van der Waals surface area contributed by atoms with E-state index in [0.717, 1.165) is 5.69 Å². The normalized spacial score (nSPS) is 15.3. The van der Waals surface area contributed by atoms with Crippen molar-refractivity contribution >= 4 is 17.3 Å². The maximum Gasteiger partial charge on any atom is 0.251 e. The van der Waals surface area contributed by atoms with E-state index in [1.165, 1.54) is 19.3 Å². The molecule has 1 fully saturated rings. The van der Waals surface area contributed by atoms with Crippen LogP contribution < -0.4 is 16.4 Å². The molecular weight excluding hydrogens is 202 g/mol. The Balaban J connectivity index is 2.17. The van der Waals surface area contributed by atoms with Crippen LogP contribution in [0.2, 0.25) is 0 Å². The van der Waals surface area contributed by atoms with Crippen LogP contribution >= 0.6 is 0 Å². The minimum atomic E-state index is -0.0864. The first-order chi connectivity index (χ1) is 7.70. The van der Waals surface area contributed by atoms with Gasteiger partial charge in [0, 0.05) is 18.7 Å². The topological polar surface area (TPSA) is 67.2 Å². The van der Waals surface area contributed by atoms with Crippen LogP contribution in [0.15, 0.2) is 18.2 Å². The largest absolute Gasteiger partial charge is 0.397 e. The average Bonchev–Trinajstić information content (AvgIpc) is 2.24. The Labute approximate surface area is 95.2 Å². The number of carbonyl (C=O) groups excluding carboxylic acids is 1. The maximum absolute atomic E-state index is 11.5. The summed E-state index contributed by atoms with van der Waals surface area (Å²) in [4.78, 5) is 11.5. The lowest BCUT2D eigenvalue weighted by Gasteiger charge is -2.28. The molecule has 4 heteroatoms. The van der Waals surface area contributed by atoms with Gasteiger partial charge in [0.05, 0.1) is 11.4 Å². The number of nitrogens with two attached hydrogens (primary N) is 1. The third-order valence-electron chi connectivity index (χ3n) is 3.01. The first-order valence-electron chi connectivity index (χ1n) is 5.59. The highest BCUT2D eigenvalue weighted by molar-refractivity contribution is 5.96.